The smallest absolute Gasteiger partial charge is 0.314 e. The van der Waals surface area contributed by atoms with Gasteiger partial charge in [0.2, 0.25) is 0 Å². The topological polar surface area (TPSA) is 46.5 Å². The maximum absolute atomic E-state index is 11.7. The molecular formula is C15H22O3. The van der Waals surface area contributed by atoms with E-state index < -0.39 is 11.4 Å². The summed E-state index contributed by atoms with van der Waals surface area (Å²) in [7, 11) is 1.67. The Morgan fingerprint density at radius 1 is 1.28 bits per heavy atom. The molecule has 3 nitrogen and oxygen atoms in total. The maximum Gasteiger partial charge on any atom is 0.314 e. The monoisotopic (exact) mass is 250 g/mol. The minimum Gasteiger partial charge on any atom is -0.481 e. The van der Waals surface area contributed by atoms with Crippen LogP contribution in [-0.4, -0.2) is 24.8 Å². The molecule has 0 saturated heterocycles. The minimum atomic E-state index is -0.755. The molecule has 3 heteroatoms. The zero-order valence-corrected chi connectivity index (χ0v) is 11.2. The van der Waals surface area contributed by atoms with Crippen molar-refractivity contribution in [2.75, 3.05) is 13.7 Å². The molecule has 0 saturated carbocycles. The van der Waals surface area contributed by atoms with Crippen LogP contribution < -0.4 is 0 Å². The van der Waals surface area contributed by atoms with Crippen LogP contribution in [0.25, 0.3) is 0 Å². The Labute approximate surface area is 109 Å². The van der Waals surface area contributed by atoms with Gasteiger partial charge < -0.3 is 9.84 Å². The molecule has 0 aliphatic heterocycles. The number of benzene rings is 1. The Bertz CT molecular complexity index is 361. The van der Waals surface area contributed by atoms with Crippen LogP contribution in [0.2, 0.25) is 0 Å². The van der Waals surface area contributed by atoms with Crippen molar-refractivity contribution in [3.63, 3.8) is 0 Å². The van der Waals surface area contributed by atoms with Crippen molar-refractivity contribution >= 4 is 5.97 Å². The van der Waals surface area contributed by atoms with Crippen molar-refractivity contribution in [3.8, 4) is 0 Å². The van der Waals surface area contributed by atoms with E-state index in [1.807, 2.05) is 37.3 Å². The van der Waals surface area contributed by atoms with E-state index in [4.69, 9.17) is 4.74 Å². The third-order valence-corrected chi connectivity index (χ3v) is 3.54. The van der Waals surface area contributed by atoms with Crippen molar-refractivity contribution in [2.45, 2.75) is 38.0 Å². The summed E-state index contributed by atoms with van der Waals surface area (Å²) >= 11 is 0. The highest BCUT2D eigenvalue weighted by Gasteiger charge is 2.37. The molecule has 0 spiro atoms. The third kappa shape index (κ3) is 3.33. The maximum atomic E-state index is 11.7. The molecule has 0 aromatic heterocycles. The van der Waals surface area contributed by atoms with Crippen molar-refractivity contribution in [2.24, 2.45) is 0 Å². The number of aliphatic carboxylic acids is 1. The van der Waals surface area contributed by atoms with E-state index in [-0.39, 0.29) is 0 Å². The Hall–Kier alpha value is -1.35. The van der Waals surface area contributed by atoms with Gasteiger partial charge in [0.1, 0.15) is 0 Å². The number of carboxylic acid groups (broad SMARTS) is 1. The fourth-order valence-electron chi connectivity index (χ4n) is 2.34. The molecule has 1 aromatic carbocycles. The van der Waals surface area contributed by atoms with Gasteiger partial charge in [0.25, 0.3) is 0 Å². The van der Waals surface area contributed by atoms with Gasteiger partial charge in [0, 0.05) is 13.7 Å². The van der Waals surface area contributed by atoms with Crippen molar-refractivity contribution in [1.29, 1.82) is 0 Å². The second-order valence-corrected chi connectivity index (χ2v) is 4.56. The zero-order valence-electron chi connectivity index (χ0n) is 11.2. The Morgan fingerprint density at radius 2 is 1.94 bits per heavy atom. The lowest BCUT2D eigenvalue weighted by molar-refractivity contribution is -0.144. The molecule has 0 fully saturated rings. The summed E-state index contributed by atoms with van der Waals surface area (Å²) < 4.78 is 5.01. The van der Waals surface area contributed by atoms with Gasteiger partial charge in [-0.15, -0.1) is 0 Å². The summed E-state index contributed by atoms with van der Waals surface area (Å²) in [6.07, 6.45) is 3.03. The number of hydrogen-bond donors (Lipinski definition) is 1. The highest BCUT2D eigenvalue weighted by atomic mass is 16.5. The van der Waals surface area contributed by atoms with Gasteiger partial charge in [0.15, 0.2) is 0 Å². The summed E-state index contributed by atoms with van der Waals surface area (Å²) in [6.45, 7) is 2.63. The predicted molar refractivity (Wildman–Crippen MR) is 71.8 cm³/mol. The van der Waals surface area contributed by atoms with Gasteiger partial charge >= 0.3 is 5.97 Å². The number of methoxy groups -OCH3 is 1. The van der Waals surface area contributed by atoms with Gasteiger partial charge in [-0.2, -0.15) is 0 Å². The Balaban J connectivity index is 2.85. The van der Waals surface area contributed by atoms with E-state index in [1.165, 1.54) is 0 Å². The number of unbranched alkanes of at least 4 members (excludes halogenated alkanes) is 1. The third-order valence-electron chi connectivity index (χ3n) is 3.54. The molecule has 1 atom stereocenters. The Morgan fingerprint density at radius 3 is 2.44 bits per heavy atom. The zero-order chi connectivity index (χ0) is 13.4. The first-order valence-corrected chi connectivity index (χ1v) is 6.45. The lowest BCUT2D eigenvalue weighted by Gasteiger charge is -2.28. The first-order chi connectivity index (χ1) is 8.67. The lowest BCUT2D eigenvalue weighted by Crippen LogP contribution is -2.35. The molecule has 0 aliphatic rings. The molecule has 1 aromatic rings. The average molecular weight is 250 g/mol. The molecule has 0 heterocycles. The van der Waals surface area contributed by atoms with Crippen molar-refractivity contribution < 1.29 is 14.6 Å². The highest BCUT2D eigenvalue weighted by Crippen LogP contribution is 2.33. The molecule has 1 rings (SSSR count). The number of carboxylic acids is 1. The summed E-state index contributed by atoms with van der Waals surface area (Å²) in [5.41, 5.74) is 0.145. The highest BCUT2D eigenvalue weighted by molar-refractivity contribution is 5.81. The summed E-state index contributed by atoms with van der Waals surface area (Å²) in [4.78, 5) is 11.7. The SMILES string of the molecule is CCC(CCCCOC)(C(=O)O)c1ccccc1. The normalized spacial score (nSPS) is 14.1. The van der Waals surface area contributed by atoms with Crippen LogP contribution in [0.5, 0.6) is 0 Å². The molecule has 0 amide bonds. The van der Waals surface area contributed by atoms with Crippen LogP contribution in [0.3, 0.4) is 0 Å². The summed E-state index contributed by atoms with van der Waals surface area (Å²) in [5.74, 6) is -0.728. The molecule has 0 bridgehead atoms. The van der Waals surface area contributed by atoms with E-state index in [1.54, 1.807) is 7.11 Å². The summed E-state index contributed by atoms with van der Waals surface area (Å²) in [6, 6.07) is 9.54. The van der Waals surface area contributed by atoms with Gasteiger partial charge in [0.05, 0.1) is 5.41 Å². The standard InChI is InChI=1S/C15H22O3/c1-3-15(14(16)17,11-7-8-12-18-2)13-9-5-4-6-10-13/h4-6,9-10H,3,7-8,11-12H2,1-2H3,(H,16,17). The van der Waals surface area contributed by atoms with Crippen LogP contribution in [0.15, 0.2) is 30.3 Å². The number of hydrogen-bond acceptors (Lipinski definition) is 2. The molecule has 0 aliphatic carbocycles. The van der Waals surface area contributed by atoms with Gasteiger partial charge in [-0.1, -0.05) is 37.3 Å². The molecule has 0 radical (unpaired) electrons. The fourth-order valence-corrected chi connectivity index (χ4v) is 2.34. The van der Waals surface area contributed by atoms with E-state index in [0.29, 0.717) is 19.4 Å². The average Bonchev–Trinajstić information content (AvgIpc) is 2.40. The second kappa shape index (κ2) is 7.17. The molecular weight excluding hydrogens is 228 g/mol. The second-order valence-electron chi connectivity index (χ2n) is 4.56. The lowest BCUT2D eigenvalue weighted by atomic mass is 9.74. The molecule has 18 heavy (non-hydrogen) atoms. The number of carbonyl (C=O) groups is 1. The molecule has 1 unspecified atom stereocenters. The summed E-state index contributed by atoms with van der Waals surface area (Å²) in [5, 5.41) is 9.60. The largest absolute Gasteiger partial charge is 0.481 e. The van der Waals surface area contributed by atoms with Crippen molar-refractivity contribution in [1.82, 2.24) is 0 Å². The number of rotatable bonds is 8. The van der Waals surface area contributed by atoms with E-state index in [9.17, 15) is 9.90 Å². The quantitative estimate of drug-likeness (QED) is 0.720. The minimum absolute atomic E-state index is 0.610. The fraction of sp³-hybridized carbons (Fsp3) is 0.533. The Kier molecular flexibility index (Phi) is 5.86. The van der Waals surface area contributed by atoms with E-state index >= 15 is 0 Å². The molecule has 1 N–H and O–H groups in total. The predicted octanol–water partition coefficient (Wildman–Crippen LogP) is 3.24. The first kappa shape index (κ1) is 14.7. The first-order valence-electron chi connectivity index (χ1n) is 6.45. The van der Waals surface area contributed by atoms with Crippen LogP contribution in [0.1, 0.15) is 38.2 Å². The number of ether oxygens (including phenoxy) is 1. The van der Waals surface area contributed by atoms with Crippen molar-refractivity contribution in [3.05, 3.63) is 35.9 Å². The van der Waals surface area contributed by atoms with Crippen LogP contribution in [0.4, 0.5) is 0 Å². The van der Waals surface area contributed by atoms with Crippen LogP contribution in [0, 0.1) is 0 Å². The van der Waals surface area contributed by atoms with E-state index in [2.05, 4.69) is 0 Å². The molecule has 100 valence electrons. The van der Waals surface area contributed by atoms with Gasteiger partial charge in [-0.25, -0.2) is 0 Å². The van der Waals surface area contributed by atoms with Gasteiger partial charge in [-0.3, -0.25) is 4.79 Å². The van der Waals surface area contributed by atoms with E-state index in [0.717, 1.165) is 18.4 Å². The van der Waals surface area contributed by atoms with Crippen LogP contribution in [-0.2, 0) is 14.9 Å². The van der Waals surface area contributed by atoms with Gasteiger partial charge in [-0.05, 0) is 31.2 Å². The van der Waals surface area contributed by atoms with Crippen LogP contribution >= 0.6 is 0 Å².